The molecular weight excluding hydrogens is 378 g/mol. The van der Waals surface area contributed by atoms with Crippen LogP contribution in [0.25, 0.3) is 21.7 Å². The maximum Gasteiger partial charge on any atom is 0.251 e. The Labute approximate surface area is 174 Å². The number of hydrogen-bond donors (Lipinski definition) is 1. The smallest absolute Gasteiger partial charge is 0.251 e. The highest BCUT2D eigenvalue weighted by atomic mass is 32.1. The van der Waals surface area contributed by atoms with E-state index in [0.717, 1.165) is 33.8 Å². The summed E-state index contributed by atoms with van der Waals surface area (Å²) in [5.74, 6) is -0.0562. The van der Waals surface area contributed by atoms with Crippen molar-refractivity contribution in [2.45, 2.75) is 13.3 Å². The molecule has 0 spiro atoms. The summed E-state index contributed by atoms with van der Waals surface area (Å²) in [6, 6.07) is 21.7. The highest BCUT2D eigenvalue weighted by Crippen LogP contribution is 2.27. The van der Waals surface area contributed by atoms with Crippen LogP contribution in [0.15, 0.2) is 79.1 Å². The van der Waals surface area contributed by atoms with Gasteiger partial charge in [-0.3, -0.25) is 9.78 Å². The lowest BCUT2D eigenvalue weighted by Gasteiger charge is -2.07. The van der Waals surface area contributed by atoms with Gasteiger partial charge >= 0.3 is 0 Å². The molecule has 0 radical (unpaired) electrons. The normalized spacial score (nSPS) is 10.7. The largest absolute Gasteiger partial charge is 0.352 e. The number of thiazole rings is 1. The fraction of sp³-hybridized carbons (Fsp3) is 0.125. The first-order chi connectivity index (χ1) is 14.2. The van der Waals surface area contributed by atoms with Gasteiger partial charge in [0.1, 0.15) is 5.01 Å². The second-order valence-corrected chi connectivity index (χ2v) is 7.80. The summed E-state index contributed by atoms with van der Waals surface area (Å²) in [4.78, 5) is 22.5. The fourth-order valence-electron chi connectivity index (χ4n) is 3.14. The molecule has 1 N–H and O–H groups in total. The third kappa shape index (κ3) is 4.58. The van der Waals surface area contributed by atoms with E-state index in [9.17, 15) is 4.79 Å². The van der Waals surface area contributed by atoms with Crippen LogP contribution in [0.2, 0.25) is 0 Å². The van der Waals surface area contributed by atoms with E-state index >= 15 is 0 Å². The van der Waals surface area contributed by atoms with E-state index in [-0.39, 0.29) is 5.91 Å². The van der Waals surface area contributed by atoms with Gasteiger partial charge in [0.25, 0.3) is 5.91 Å². The molecule has 0 aliphatic rings. The Morgan fingerprint density at radius 3 is 2.48 bits per heavy atom. The van der Waals surface area contributed by atoms with Crippen molar-refractivity contribution in [3.63, 3.8) is 0 Å². The molecule has 1 amide bonds. The third-order valence-corrected chi connectivity index (χ3v) is 5.96. The summed E-state index contributed by atoms with van der Waals surface area (Å²) in [5.41, 5.74) is 4.90. The van der Waals surface area contributed by atoms with E-state index in [1.54, 1.807) is 23.7 Å². The molecule has 29 heavy (non-hydrogen) atoms. The summed E-state index contributed by atoms with van der Waals surface area (Å²) in [5, 5.41) is 4.02. The van der Waals surface area contributed by atoms with E-state index in [0.29, 0.717) is 12.1 Å². The summed E-state index contributed by atoms with van der Waals surface area (Å²) in [6.45, 7) is 2.59. The Hall–Kier alpha value is -3.31. The molecule has 4 nitrogen and oxygen atoms in total. The predicted molar refractivity (Wildman–Crippen MR) is 118 cm³/mol. The molecule has 2 heterocycles. The summed E-state index contributed by atoms with van der Waals surface area (Å²) in [7, 11) is 0. The van der Waals surface area contributed by atoms with Crippen molar-refractivity contribution in [2.24, 2.45) is 0 Å². The van der Waals surface area contributed by atoms with Crippen molar-refractivity contribution in [2.75, 3.05) is 6.54 Å². The van der Waals surface area contributed by atoms with E-state index in [2.05, 4.69) is 15.3 Å². The number of aromatic nitrogens is 2. The lowest BCUT2D eigenvalue weighted by atomic mass is 10.0. The average Bonchev–Trinajstić information content (AvgIpc) is 3.15. The number of hydrogen-bond acceptors (Lipinski definition) is 4. The highest BCUT2D eigenvalue weighted by molar-refractivity contribution is 7.15. The maximum atomic E-state index is 12.6. The van der Waals surface area contributed by atoms with E-state index in [1.165, 1.54) is 4.88 Å². The van der Waals surface area contributed by atoms with Crippen LogP contribution in [-0.2, 0) is 6.42 Å². The fourth-order valence-corrected chi connectivity index (χ4v) is 4.21. The van der Waals surface area contributed by atoms with E-state index in [4.69, 9.17) is 0 Å². The standard InChI is InChI=1S/C24H21N3OS/c1-17-22(29-24(27-17)19-10-13-25-14-11-19)12-15-26-23(28)21-9-5-8-20(16-21)18-6-3-2-4-7-18/h2-11,13-14,16H,12,15H2,1H3,(H,26,28). The predicted octanol–water partition coefficient (Wildman–Crippen LogP) is 5.15. The minimum Gasteiger partial charge on any atom is -0.352 e. The van der Waals surface area contributed by atoms with Crippen LogP contribution in [0.5, 0.6) is 0 Å². The van der Waals surface area contributed by atoms with Crippen molar-refractivity contribution in [1.29, 1.82) is 0 Å². The molecule has 5 heteroatoms. The van der Waals surface area contributed by atoms with Gasteiger partial charge in [-0.1, -0.05) is 42.5 Å². The Balaban J connectivity index is 1.39. The first-order valence-electron chi connectivity index (χ1n) is 9.51. The molecule has 2 aromatic heterocycles. The van der Waals surface area contributed by atoms with Gasteiger partial charge in [0, 0.05) is 41.4 Å². The molecule has 144 valence electrons. The van der Waals surface area contributed by atoms with Gasteiger partial charge in [-0.2, -0.15) is 0 Å². The van der Waals surface area contributed by atoms with E-state index < -0.39 is 0 Å². The molecule has 4 rings (SSSR count). The van der Waals surface area contributed by atoms with Crippen molar-refractivity contribution in [3.05, 3.63) is 95.3 Å². The Bertz CT molecular complexity index is 1110. The van der Waals surface area contributed by atoms with Crippen molar-refractivity contribution >= 4 is 17.2 Å². The van der Waals surface area contributed by atoms with Crippen LogP contribution in [0.4, 0.5) is 0 Å². The molecule has 0 unspecified atom stereocenters. The molecule has 0 saturated carbocycles. The number of nitrogens with one attached hydrogen (secondary N) is 1. The van der Waals surface area contributed by atoms with Crippen LogP contribution in [-0.4, -0.2) is 22.4 Å². The highest BCUT2D eigenvalue weighted by Gasteiger charge is 2.11. The number of carbonyl (C=O) groups is 1. The third-order valence-electron chi connectivity index (χ3n) is 4.69. The minimum absolute atomic E-state index is 0.0562. The number of carbonyl (C=O) groups excluding carboxylic acids is 1. The van der Waals surface area contributed by atoms with Crippen LogP contribution in [0.1, 0.15) is 20.9 Å². The number of rotatable bonds is 6. The lowest BCUT2D eigenvalue weighted by molar-refractivity contribution is 0.0954. The average molecular weight is 400 g/mol. The van der Waals surface area contributed by atoms with Gasteiger partial charge < -0.3 is 5.32 Å². The SMILES string of the molecule is Cc1nc(-c2ccncc2)sc1CCNC(=O)c1cccc(-c2ccccc2)c1. The van der Waals surface area contributed by atoms with Crippen LogP contribution in [0.3, 0.4) is 0 Å². The Morgan fingerprint density at radius 2 is 1.69 bits per heavy atom. The monoisotopic (exact) mass is 399 g/mol. The molecule has 0 fully saturated rings. The second-order valence-electron chi connectivity index (χ2n) is 6.72. The quantitative estimate of drug-likeness (QED) is 0.488. The molecular formula is C24H21N3OS. The molecule has 0 atom stereocenters. The molecule has 4 aromatic rings. The summed E-state index contributed by atoms with van der Waals surface area (Å²) < 4.78 is 0. The Kier molecular flexibility index (Phi) is 5.77. The van der Waals surface area contributed by atoms with Gasteiger partial charge in [0.15, 0.2) is 0 Å². The molecule has 0 bridgehead atoms. The van der Waals surface area contributed by atoms with Gasteiger partial charge in [-0.15, -0.1) is 11.3 Å². The van der Waals surface area contributed by atoms with Gasteiger partial charge in [0.2, 0.25) is 0 Å². The van der Waals surface area contributed by atoms with Crippen molar-refractivity contribution in [3.8, 4) is 21.7 Å². The molecule has 0 saturated heterocycles. The zero-order valence-corrected chi connectivity index (χ0v) is 16.9. The topological polar surface area (TPSA) is 54.9 Å². The number of aryl methyl sites for hydroxylation is 1. The molecule has 0 aliphatic heterocycles. The summed E-state index contributed by atoms with van der Waals surface area (Å²) >= 11 is 1.67. The molecule has 2 aromatic carbocycles. The first-order valence-corrected chi connectivity index (χ1v) is 10.3. The zero-order valence-electron chi connectivity index (χ0n) is 16.1. The van der Waals surface area contributed by atoms with E-state index in [1.807, 2.05) is 73.7 Å². The lowest BCUT2D eigenvalue weighted by Crippen LogP contribution is -2.25. The maximum absolute atomic E-state index is 12.6. The first kappa shape index (κ1) is 19.0. The minimum atomic E-state index is -0.0562. The van der Waals surface area contributed by atoms with Crippen LogP contribution in [0, 0.1) is 6.92 Å². The summed E-state index contributed by atoms with van der Waals surface area (Å²) in [6.07, 6.45) is 4.31. The number of amides is 1. The number of benzene rings is 2. The van der Waals surface area contributed by atoms with Crippen molar-refractivity contribution < 1.29 is 4.79 Å². The van der Waals surface area contributed by atoms with Gasteiger partial charge in [-0.25, -0.2) is 4.98 Å². The van der Waals surface area contributed by atoms with Crippen LogP contribution < -0.4 is 5.32 Å². The van der Waals surface area contributed by atoms with Gasteiger partial charge in [0.05, 0.1) is 5.69 Å². The van der Waals surface area contributed by atoms with Crippen LogP contribution >= 0.6 is 11.3 Å². The second kappa shape index (κ2) is 8.80. The Morgan fingerprint density at radius 1 is 0.931 bits per heavy atom. The van der Waals surface area contributed by atoms with Gasteiger partial charge in [-0.05, 0) is 42.3 Å². The molecule has 0 aliphatic carbocycles. The number of pyridine rings is 1. The zero-order chi connectivity index (χ0) is 20.1. The van der Waals surface area contributed by atoms with Crippen molar-refractivity contribution in [1.82, 2.24) is 15.3 Å². The number of nitrogens with zero attached hydrogens (tertiary/aromatic N) is 2.